The Hall–Kier alpha value is -1.18. The molecule has 1 heterocycles. The molecule has 1 aromatic rings. The Kier molecular flexibility index (Phi) is 6.03. The zero-order chi connectivity index (χ0) is 13.5. The first-order chi connectivity index (χ1) is 8.50. The Morgan fingerprint density at radius 1 is 1.22 bits per heavy atom. The number of carbonyl (C=O) groups excluding carboxylic acids is 1. The third-order valence-electron chi connectivity index (χ3n) is 3.27. The van der Waals surface area contributed by atoms with Gasteiger partial charge < -0.3 is 0 Å². The molecule has 0 aliphatic heterocycles. The highest BCUT2D eigenvalue weighted by Crippen LogP contribution is 2.21. The fourth-order valence-corrected chi connectivity index (χ4v) is 2.15. The summed E-state index contributed by atoms with van der Waals surface area (Å²) in [7, 11) is 0. The first-order valence-electron chi connectivity index (χ1n) is 6.93. The molecule has 100 valence electrons. The summed E-state index contributed by atoms with van der Waals surface area (Å²) < 4.78 is 0. The van der Waals surface area contributed by atoms with Gasteiger partial charge >= 0.3 is 0 Å². The number of aromatic nitrogens is 1. The third-order valence-corrected chi connectivity index (χ3v) is 3.27. The molecule has 0 aliphatic carbocycles. The maximum Gasteiger partial charge on any atom is 0.138 e. The summed E-state index contributed by atoms with van der Waals surface area (Å²) in [6.45, 7) is 8.41. The fourth-order valence-electron chi connectivity index (χ4n) is 2.15. The maximum absolute atomic E-state index is 12.2. The van der Waals surface area contributed by atoms with Crippen molar-refractivity contribution in [3.63, 3.8) is 0 Å². The van der Waals surface area contributed by atoms with E-state index in [0.29, 0.717) is 11.7 Å². The van der Waals surface area contributed by atoms with Gasteiger partial charge in [-0.1, -0.05) is 40.2 Å². The first-order valence-corrected chi connectivity index (χ1v) is 6.93. The zero-order valence-corrected chi connectivity index (χ0v) is 12.0. The second-order valence-electron chi connectivity index (χ2n) is 5.79. The topological polar surface area (TPSA) is 30.0 Å². The number of nitrogens with zero attached hydrogens (tertiary/aromatic N) is 1. The smallest absolute Gasteiger partial charge is 0.138 e. The highest BCUT2D eigenvalue weighted by atomic mass is 16.1. The van der Waals surface area contributed by atoms with Gasteiger partial charge in [0.25, 0.3) is 0 Å². The highest BCUT2D eigenvalue weighted by Gasteiger charge is 2.21. The molecule has 0 N–H and O–H groups in total. The van der Waals surface area contributed by atoms with Crippen molar-refractivity contribution in [3.05, 3.63) is 30.1 Å². The summed E-state index contributed by atoms with van der Waals surface area (Å²) in [5, 5.41) is 0. The standard InChI is InChI=1S/C16H25NO/c1-12(2)7-8-15(16(18)13(3)4)10-14-6-5-9-17-11-14/h5-6,9,11-13,15H,7-8,10H2,1-4H3. The molecule has 0 amide bonds. The average molecular weight is 247 g/mol. The molecule has 1 aromatic heterocycles. The van der Waals surface area contributed by atoms with Gasteiger partial charge in [0, 0.05) is 24.2 Å². The predicted molar refractivity (Wildman–Crippen MR) is 75.3 cm³/mol. The molecule has 0 bridgehead atoms. The van der Waals surface area contributed by atoms with Crippen molar-refractivity contribution in [2.75, 3.05) is 0 Å². The normalized spacial score (nSPS) is 13.0. The Labute approximate surface area is 111 Å². The largest absolute Gasteiger partial charge is 0.299 e. The van der Waals surface area contributed by atoms with Crippen molar-refractivity contribution >= 4 is 5.78 Å². The predicted octanol–water partition coefficient (Wildman–Crippen LogP) is 3.90. The summed E-state index contributed by atoms with van der Waals surface area (Å²) in [5.74, 6) is 1.32. The van der Waals surface area contributed by atoms with E-state index in [0.717, 1.165) is 19.3 Å². The van der Waals surface area contributed by atoms with Crippen LogP contribution < -0.4 is 0 Å². The van der Waals surface area contributed by atoms with Crippen LogP contribution in [-0.2, 0) is 11.2 Å². The molecule has 0 aromatic carbocycles. The molecular formula is C16H25NO. The van der Waals surface area contributed by atoms with Crippen LogP contribution in [-0.4, -0.2) is 10.8 Å². The van der Waals surface area contributed by atoms with E-state index in [9.17, 15) is 4.79 Å². The van der Waals surface area contributed by atoms with Gasteiger partial charge in [-0.05, 0) is 30.4 Å². The molecule has 0 fully saturated rings. The summed E-state index contributed by atoms with van der Waals surface area (Å²) in [5.41, 5.74) is 1.17. The lowest BCUT2D eigenvalue weighted by Crippen LogP contribution is -2.22. The van der Waals surface area contributed by atoms with Crippen molar-refractivity contribution in [2.24, 2.45) is 17.8 Å². The number of Topliss-reactive ketones (excluding diaryl/α,β-unsaturated/α-hetero) is 1. The number of carbonyl (C=O) groups is 1. The molecule has 1 rings (SSSR count). The van der Waals surface area contributed by atoms with Crippen LogP contribution in [0, 0.1) is 17.8 Å². The van der Waals surface area contributed by atoms with Crippen LogP contribution in [0.4, 0.5) is 0 Å². The minimum Gasteiger partial charge on any atom is -0.299 e. The van der Waals surface area contributed by atoms with Crippen molar-refractivity contribution in [1.82, 2.24) is 4.98 Å². The molecule has 18 heavy (non-hydrogen) atoms. The van der Waals surface area contributed by atoms with Gasteiger partial charge in [-0.3, -0.25) is 9.78 Å². The van der Waals surface area contributed by atoms with Gasteiger partial charge in [0.1, 0.15) is 5.78 Å². The number of ketones is 1. The molecule has 2 nitrogen and oxygen atoms in total. The molecule has 1 atom stereocenters. The fraction of sp³-hybridized carbons (Fsp3) is 0.625. The summed E-state index contributed by atoms with van der Waals surface area (Å²) in [6.07, 6.45) is 6.58. The van der Waals surface area contributed by atoms with Crippen molar-refractivity contribution in [1.29, 1.82) is 0 Å². The maximum atomic E-state index is 12.2. The van der Waals surface area contributed by atoms with Crippen molar-refractivity contribution in [3.8, 4) is 0 Å². The molecule has 0 saturated carbocycles. The lowest BCUT2D eigenvalue weighted by atomic mass is 9.85. The van der Waals surface area contributed by atoms with E-state index >= 15 is 0 Å². The molecule has 0 aliphatic rings. The van der Waals surface area contributed by atoms with Crippen LogP contribution in [0.2, 0.25) is 0 Å². The Bertz CT molecular complexity index is 357. The first kappa shape index (κ1) is 14.9. The molecule has 0 spiro atoms. The SMILES string of the molecule is CC(C)CCC(Cc1cccnc1)C(=O)C(C)C. The molecule has 0 saturated heterocycles. The van der Waals surface area contributed by atoms with Crippen LogP contribution >= 0.6 is 0 Å². The van der Waals surface area contributed by atoms with Crippen LogP contribution in [0.3, 0.4) is 0 Å². The van der Waals surface area contributed by atoms with E-state index in [1.807, 2.05) is 26.1 Å². The highest BCUT2D eigenvalue weighted by molar-refractivity contribution is 5.83. The Morgan fingerprint density at radius 3 is 2.44 bits per heavy atom. The summed E-state index contributed by atoms with van der Waals surface area (Å²) in [6, 6.07) is 4.00. The van der Waals surface area contributed by atoms with Gasteiger partial charge in [0.05, 0.1) is 0 Å². The molecule has 0 radical (unpaired) electrons. The summed E-state index contributed by atoms with van der Waals surface area (Å²) in [4.78, 5) is 16.4. The monoisotopic (exact) mass is 247 g/mol. The average Bonchev–Trinajstić information content (AvgIpc) is 2.34. The Balaban J connectivity index is 2.68. The Morgan fingerprint density at radius 2 is 1.94 bits per heavy atom. The van der Waals surface area contributed by atoms with Crippen LogP contribution in [0.15, 0.2) is 24.5 Å². The molecule has 1 unspecified atom stereocenters. The number of hydrogen-bond acceptors (Lipinski definition) is 2. The lowest BCUT2D eigenvalue weighted by molar-refractivity contribution is -0.126. The minimum absolute atomic E-state index is 0.124. The van der Waals surface area contributed by atoms with Crippen LogP contribution in [0.1, 0.15) is 46.1 Å². The van der Waals surface area contributed by atoms with Crippen molar-refractivity contribution < 1.29 is 4.79 Å². The minimum atomic E-state index is 0.124. The van der Waals surface area contributed by atoms with E-state index in [-0.39, 0.29) is 11.8 Å². The number of pyridine rings is 1. The third kappa shape index (κ3) is 4.99. The van der Waals surface area contributed by atoms with E-state index in [1.165, 1.54) is 5.56 Å². The molecular weight excluding hydrogens is 222 g/mol. The van der Waals surface area contributed by atoms with Crippen LogP contribution in [0.25, 0.3) is 0 Å². The van der Waals surface area contributed by atoms with Gasteiger partial charge in [-0.2, -0.15) is 0 Å². The lowest BCUT2D eigenvalue weighted by Gasteiger charge is -2.19. The van der Waals surface area contributed by atoms with Crippen molar-refractivity contribution in [2.45, 2.75) is 47.0 Å². The number of rotatable bonds is 7. The van der Waals surface area contributed by atoms with Crippen LogP contribution in [0.5, 0.6) is 0 Å². The van der Waals surface area contributed by atoms with Gasteiger partial charge in [0.2, 0.25) is 0 Å². The van der Waals surface area contributed by atoms with Gasteiger partial charge in [0.15, 0.2) is 0 Å². The van der Waals surface area contributed by atoms with Gasteiger partial charge in [-0.15, -0.1) is 0 Å². The van der Waals surface area contributed by atoms with E-state index < -0.39 is 0 Å². The summed E-state index contributed by atoms with van der Waals surface area (Å²) >= 11 is 0. The van der Waals surface area contributed by atoms with E-state index in [1.54, 1.807) is 6.20 Å². The quantitative estimate of drug-likeness (QED) is 0.731. The second kappa shape index (κ2) is 7.30. The zero-order valence-electron chi connectivity index (χ0n) is 12.0. The van der Waals surface area contributed by atoms with E-state index in [4.69, 9.17) is 0 Å². The van der Waals surface area contributed by atoms with Gasteiger partial charge in [-0.25, -0.2) is 0 Å². The second-order valence-corrected chi connectivity index (χ2v) is 5.79. The van der Waals surface area contributed by atoms with E-state index in [2.05, 4.69) is 24.9 Å². The molecule has 2 heteroatoms. The number of hydrogen-bond donors (Lipinski definition) is 0.